The first kappa shape index (κ1) is 14.3. The maximum Gasteiger partial charge on any atom is 0.138 e. The molecule has 0 bridgehead atoms. The Labute approximate surface area is 124 Å². The molecule has 2 rings (SSSR count). The summed E-state index contributed by atoms with van der Waals surface area (Å²) >= 11 is 9.35. The van der Waals surface area contributed by atoms with Gasteiger partial charge in [0.25, 0.3) is 0 Å². The van der Waals surface area contributed by atoms with Gasteiger partial charge in [0.2, 0.25) is 0 Å². The van der Waals surface area contributed by atoms with Crippen LogP contribution in [0.4, 0.5) is 4.39 Å². The van der Waals surface area contributed by atoms with Crippen LogP contribution in [0.25, 0.3) is 0 Å². The second-order valence-electron chi connectivity index (χ2n) is 3.99. The Kier molecular flexibility index (Phi) is 4.80. The molecule has 0 heterocycles. The monoisotopic (exact) mass is 343 g/mol. The fourth-order valence-corrected chi connectivity index (χ4v) is 2.35. The zero-order chi connectivity index (χ0) is 13.8. The van der Waals surface area contributed by atoms with Crippen molar-refractivity contribution < 1.29 is 9.13 Å². The molecule has 0 aromatic heterocycles. The van der Waals surface area contributed by atoms with Crippen LogP contribution in [0.15, 0.2) is 40.9 Å². The Bertz CT molecular complexity index is 592. The summed E-state index contributed by atoms with van der Waals surface area (Å²) in [5.41, 5.74) is 7.57. The van der Waals surface area contributed by atoms with E-state index in [1.165, 1.54) is 18.2 Å². The largest absolute Gasteiger partial charge is 0.487 e. The first-order valence-electron chi connectivity index (χ1n) is 5.65. The molecule has 0 aliphatic heterocycles. The van der Waals surface area contributed by atoms with Crippen LogP contribution >= 0.6 is 27.5 Å². The van der Waals surface area contributed by atoms with E-state index in [4.69, 9.17) is 22.1 Å². The van der Waals surface area contributed by atoms with Crippen LogP contribution in [0.3, 0.4) is 0 Å². The van der Waals surface area contributed by atoms with Gasteiger partial charge in [-0.25, -0.2) is 4.39 Å². The third-order valence-corrected chi connectivity index (χ3v) is 3.66. The molecule has 5 heteroatoms. The lowest BCUT2D eigenvalue weighted by atomic mass is 10.1. The van der Waals surface area contributed by atoms with Crippen molar-refractivity contribution in [3.05, 3.63) is 62.8 Å². The Morgan fingerprint density at radius 1 is 1.21 bits per heavy atom. The number of ether oxygens (including phenoxy) is 1. The topological polar surface area (TPSA) is 35.2 Å². The molecule has 2 N–H and O–H groups in total. The van der Waals surface area contributed by atoms with Gasteiger partial charge in [0.15, 0.2) is 0 Å². The third-order valence-electron chi connectivity index (χ3n) is 2.63. The minimum atomic E-state index is -0.383. The van der Waals surface area contributed by atoms with E-state index in [9.17, 15) is 4.39 Å². The van der Waals surface area contributed by atoms with Crippen LogP contribution in [0.2, 0.25) is 5.02 Å². The van der Waals surface area contributed by atoms with E-state index in [1.54, 1.807) is 0 Å². The van der Waals surface area contributed by atoms with E-state index in [-0.39, 0.29) is 10.8 Å². The van der Waals surface area contributed by atoms with Gasteiger partial charge >= 0.3 is 0 Å². The van der Waals surface area contributed by atoms with Crippen LogP contribution in [-0.2, 0) is 13.2 Å². The average molecular weight is 345 g/mol. The SMILES string of the molecule is NCc1ccc(COc2ccc(F)cc2Cl)c(Br)c1. The number of benzene rings is 2. The van der Waals surface area contributed by atoms with Gasteiger partial charge in [0.05, 0.1) is 5.02 Å². The van der Waals surface area contributed by atoms with Gasteiger partial charge < -0.3 is 10.5 Å². The number of nitrogens with two attached hydrogens (primary N) is 1. The predicted octanol–water partition coefficient (Wildman–Crippen LogP) is 4.28. The molecule has 2 aromatic carbocycles. The van der Waals surface area contributed by atoms with Crippen molar-refractivity contribution in [2.24, 2.45) is 5.73 Å². The first-order chi connectivity index (χ1) is 9.10. The van der Waals surface area contributed by atoms with E-state index < -0.39 is 0 Å². The fraction of sp³-hybridized carbons (Fsp3) is 0.143. The molecule has 100 valence electrons. The summed E-state index contributed by atoms with van der Waals surface area (Å²) in [6.45, 7) is 0.834. The van der Waals surface area contributed by atoms with Crippen LogP contribution in [-0.4, -0.2) is 0 Å². The lowest BCUT2D eigenvalue weighted by molar-refractivity contribution is 0.305. The molecular formula is C14H12BrClFNO. The lowest BCUT2D eigenvalue weighted by Crippen LogP contribution is -2.00. The highest BCUT2D eigenvalue weighted by Crippen LogP contribution is 2.27. The maximum atomic E-state index is 12.9. The first-order valence-corrected chi connectivity index (χ1v) is 6.82. The zero-order valence-electron chi connectivity index (χ0n) is 10.00. The van der Waals surface area contributed by atoms with Crippen molar-refractivity contribution in [2.45, 2.75) is 13.2 Å². The summed E-state index contributed by atoms with van der Waals surface area (Å²) in [5.74, 6) is 0.0729. The van der Waals surface area contributed by atoms with Crippen LogP contribution in [0, 0.1) is 5.82 Å². The quantitative estimate of drug-likeness (QED) is 0.898. The molecular weight excluding hydrogens is 333 g/mol. The second kappa shape index (κ2) is 6.37. The molecule has 0 unspecified atom stereocenters. The van der Waals surface area contributed by atoms with Crippen molar-refractivity contribution in [2.75, 3.05) is 0 Å². The summed E-state index contributed by atoms with van der Waals surface area (Å²) in [4.78, 5) is 0. The van der Waals surface area contributed by atoms with E-state index in [0.29, 0.717) is 18.9 Å². The van der Waals surface area contributed by atoms with E-state index in [1.807, 2.05) is 18.2 Å². The van der Waals surface area contributed by atoms with Crippen molar-refractivity contribution in [1.29, 1.82) is 0 Å². The molecule has 0 spiro atoms. The van der Waals surface area contributed by atoms with E-state index >= 15 is 0 Å². The summed E-state index contributed by atoms with van der Waals surface area (Å²) in [7, 11) is 0. The second-order valence-corrected chi connectivity index (χ2v) is 5.25. The summed E-state index contributed by atoms with van der Waals surface area (Å²) in [6.07, 6.45) is 0. The van der Waals surface area contributed by atoms with Crippen molar-refractivity contribution in [3.63, 3.8) is 0 Å². The molecule has 0 saturated heterocycles. The molecule has 0 saturated carbocycles. The molecule has 0 radical (unpaired) electrons. The number of hydrogen-bond acceptors (Lipinski definition) is 2. The smallest absolute Gasteiger partial charge is 0.138 e. The lowest BCUT2D eigenvalue weighted by Gasteiger charge is -2.10. The Morgan fingerprint density at radius 2 is 2.00 bits per heavy atom. The average Bonchev–Trinajstić information content (AvgIpc) is 2.39. The van der Waals surface area contributed by atoms with Gasteiger partial charge in [-0.2, -0.15) is 0 Å². The fourth-order valence-electron chi connectivity index (χ4n) is 1.58. The molecule has 0 aliphatic rings. The van der Waals surface area contributed by atoms with Crippen molar-refractivity contribution >= 4 is 27.5 Å². The van der Waals surface area contributed by atoms with Gasteiger partial charge in [-0.3, -0.25) is 0 Å². The Hall–Kier alpha value is -1.10. The standard InChI is InChI=1S/C14H12BrClFNO/c15-12-5-9(7-18)1-2-10(12)8-19-14-4-3-11(17)6-13(14)16/h1-6H,7-8,18H2. The van der Waals surface area contributed by atoms with Crippen molar-refractivity contribution in [3.8, 4) is 5.75 Å². The summed E-state index contributed by atoms with van der Waals surface area (Å²) < 4.78 is 19.4. The highest BCUT2D eigenvalue weighted by Gasteiger charge is 2.06. The Morgan fingerprint density at radius 3 is 2.63 bits per heavy atom. The van der Waals surface area contributed by atoms with Gasteiger partial charge in [-0.05, 0) is 29.8 Å². The number of rotatable bonds is 4. The van der Waals surface area contributed by atoms with E-state index in [0.717, 1.165) is 15.6 Å². The molecule has 0 aliphatic carbocycles. The number of halogens is 3. The maximum absolute atomic E-state index is 12.9. The normalized spacial score (nSPS) is 10.5. The van der Waals surface area contributed by atoms with Gasteiger partial charge in [-0.1, -0.05) is 39.7 Å². The number of hydrogen-bond donors (Lipinski definition) is 1. The van der Waals surface area contributed by atoms with Gasteiger partial charge in [-0.15, -0.1) is 0 Å². The molecule has 2 nitrogen and oxygen atoms in total. The highest BCUT2D eigenvalue weighted by atomic mass is 79.9. The molecule has 0 atom stereocenters. The summed E-state index contributed by atoms with van der Waals surface area (Å²) in [6, 6.07) is 9.88. The van der Waals surface area contributed by atoms with Crippen LogP contribution in [0.1, 0.15) is 11.1 Å². The molecule has 2 aromatic rings. The summed E-state index contributed by atoms with van der Waals surface area (Å²) in [5, 5.41) is 0.259. The van der Waals surface area contributed by atoms with Crippen LogP contribution < -0.4 is 10.5 Å². The van der Waals surface area contributed by atoms with Gasteiger partial charge in [0, 0.05) is 16.6 Å². The van der Waals surface area contributed by atoms with Crippen molar-refractivity contribution in [1.82, 2.24) is 0 Å². The minimum Gasteiger partial charge on any atom is -0.487 e. The molecule has 0 fully saturated rings. The van der Waals surface area contributed by atoms with Crippen LogP contribution in [0.5, 0.6) is 5.75 Å². The molecule has 19 heavy (non-hydrogen) atoms. The van der Waals surface area contributed by atoms with Gasteiger partial charge in [0.1, 0.15) is 18.2 Å². The predicted molar refractivity (Wildman–Crippen MR) is 77.8 cm³/mol. The molecule has 0 amide bonds. The Balaban J connectivity index is 2.10. The highest BCUT2D eigenvalue weighted by molar-refractivity contribution is 9.10. The zero-order valence-corrected chi connectivity index (χ0v) is 12.3. The minimum absolute atomic E-state index is 0.259. The van der Waals surface area contributed by atoms with E-state index in [2.05, 4.69) is 15.9 Å². The third kappa shape index (κ3) is 3.69.